The van der Waals surface area contributed by atoms with Crippen LogP contribution in [0.5, 0.6) is 0 Å². The number of nitrogens with one attached hydrogen (secondary N) is 1. The Labute approximate surface area is 130 Å². The molecule has 1 amide bonds. The molecule has 1 aliphatic rings. The molecule has 1 fully saturated rings. The second kappa shape index (κ2) is 6.58. The van der Waals surface area contributed by atoms with Crippen LogP contribution in [0.2, 0.25) is 5.28 Å². The van der Waals surface area contributed by atoms with Crippen LogP contribution in [0.25, 0.3) is 0 Å². The van der Waals surface area contributed by atoms with Gasteiger partial charge in [-0.25, -0.2) is 9.78 Å². The van der Waals surface area contributed by atoms with Crippen LogP contribution in [0.4, 0.5) is 10.6 Å². The van der Waals surface area contributed by atoms with Gasteiger partial charge in [-0.2, -0.15) is 4.98 Å². The number of carboxylic acid groups (broad SMARTS) is 1. The lowest BCUT2D eigenvalue weighted by Gasteiger charge is -2.37. The molecule has 2 unspecified atom stereocenters. The maximum Gasteiger partial charge on any atom is 0.407 e. The minimum Gasteiger partial charge on any atom is -0.465 e. The number of carbonyl (C=O) groups is 1. The summed E-state index contributed by atoms with van der Waals surface area (Å²) in [7, 11) is 0. The zero-order valence-corrected chi connectivity index (χ0v) is 13.4. The topological polar surface area (TPSA) is 78.4 Å². The summed E-state index contributed by atoms with van der Waals surface area (Å²) < 4.78 is 0.746. The quantitative estimate of drug-likeness (QED) is 0.806. The van der Waals surface area contributed by atoms with Gasteiger partial charge in [-0.1, -0.05) is 6.92 Å². The summed E-state index contributed by atoms with van der Waals surface area (Å²) in [6.45, 7) is 2.53. The van der Waals surface area contributed by atoms with Gasteiger partial charge in [-0.05, 0) is 46.8 Å². The minimum atomic E-state index is -0.846. The zero-order valence-electron chi connectivity index (χ0n) is 11.0. The van der Waals surface area contributed by atoms with Gasteiger partial charge < -0.3 is 15.3 Å². The number of nitrogens with zero attached hydrogens (tertiary/aromatic N) is 3. The molecular weight excluding hydrogens is 348 g/mol. The number of anilines is 1. The number of aromatic nitrogens is 2. The molecule has 1 aliphatic heterocycles. The third kappa shape index (κ3) is 3.52. The highest BCUT2D eigenvalue weighted by molar-refractivity contribution is 9.10. The summed E-state index contributed by atoms with van der Waals surface area (Å²) in [6, 6.07) is 0.215. The molecule has 20 heavy (non-hydrogen) atoms. The van der Waals surface area contributed by atoms with Crippen LogP contribution in [-0.2, 0) is 0 Å². The zero-order chi connectivity index (χ0) is 14.7. The Hall–Kier alpha value is -1.08. The number of hydrogen-bond donors (Lipinski definition) is 2. The first-order valence-electron chi connectivity index (χ1n) is 6.45. The van der Waals surface area contributed by atoms with Crippen molar-refractivity contribution in [2.75, 3.05) is 11.9 Å². The van der Waals surface area contributed by atoms with Gasteiger partial charge in [0.05, 0.1) is 4.47 Å². The predicted octanol–water partition coefficient (Wildman–Crippen LogP) is 3.23. The maximum absolute atomic E-state index is 11.1. The van der Waals surface area contributed by atoms with Gasteiger partial charge >= 0.3 is 6.09 Å². The van der Waals surface area contributed by atoms with E-state index in [0.717, 1.165) is 23.7 Å². The minimum absolute atomic E-state index is 0.0369. The second-order valence-corrected chi connectivity index (χ2v) is 5.93. The first-order valence-corrected chi connectivity index (χ1v) is 7.62. The van der Waals surface area contributed by atoms with Crippen molar-refractivity contribution in [3.05, 3.63) is 16.0 Å². The van der Waals surface area contributed by atoms with Gasteiger partial charge in [0.15, 0.2) is 0 Å². The summed E-state index contributed by atoms with van der Waals surface area (Å²) in [5, 5.41) is 12.7. The SMILES string of the molecule is CCC1CC(Nc2nc(Cl)ncc2Br)CCN1C(=O)O. The first-order chi connectivity index (χ1) is 9.51. The Morgan fingerprint density at radius 2 is 2.45 bits per heavy atom. The summed E-state index contributed by atoms with van der Waals surface area (Å²) >= 11 is 9.16. The van der Waals surface area contributed by atoms with E-state index in [9.17, 15) is 4.79 Å². The fourth-order valence-electron chi connectivity index (χ4n) is 2.46. The van der Waals surface area contributed by atoms with Crippen molar-refractivity contribution >= 4 is 39.4 Å². The molecular formula is C12H16BrClN4O2. The van der Waals surface area contributed by atoms with E-state index in [1.165, 1.54) is 4.90 Å². The second-order valence-electron chi connectivity index (χ2n) is 4.74. The Kier molecular flexibility index (Phi) is 5.04. The van der Waals surface area contributed by atoms with Crippen LogP contribution in [0, 0.1) is 0 Å². The summed E-state index contributed by atoms with van der Waals surface area (Å²) in [6.07, 6.45) is 3.06. The molecule has 110 valence electrons. The number of piperidine rings is 1. The van der Waals surface area contributed by atoms with E-state index >= 15 is 0 Å². The largest absolute Gasteiger partial charge is 0.465 e. The molecule has 0 bridgehead atoms. The molecule has 0 saturated carbocycles. The first kappa shape index (κ1) is 15.3. The van der Waals surface area contributed by atoms with Gasteiger partial charge in [0.2, 0.25) is 5.28 Å². The van der Waals surface area contributed by atoms with Crippen LogP contribution in [-0.4, -0.2) is 44.7 Å². The van der Waals surface area contributed by atoms with Crippen molar-refractivity contribution < 1.29 is 9.90 Å². The molecule has 0 aliphatic carbocycles. The van der Waals surface area contributed by atoms with Crippen molar-refractivity contribution in [3.63, 3.8) is 0 Å². The number of rotatable bonds is 3. The molecule has 0 radical (unpaired) electrons. The molecule has 2 N–H and O–H groups in total. The predicted molar refractivity (Wildman–Crippen MR) is 80.2 cm³/mol. The monoisotopic (exact) mass is 362 g/mol. The highest BCUT2D eigenvalue weighted by Gasteiger charge is 2.30. The van der Waals surface area contributed by atoms with E-state index in [1.807, 2.05) is 6.92 Å². The molecule has 8 heteroatoms. The summed E-state index contributed by atoms with van der Waals surface area (Å²) in [5.74, 6) is 0.647. The third-order valence-corrected chi connectivity index (χ3v) is 4.25. The van der Waals surface area contributed by atoms with Crippen LogP contribution in [0.15, 0.2) is 10.7 Å². The average molecular weight is 364 g/mol. The molecule has 6 nitrogen and oxygen atoms in total. The normalized spacial score (nSPS) is 22.6. The highest BCUT2D eigenvalue weighted by Crippen LogP contribution is 2.26. The van der Waals surface area contributed by atoms with Gasteiger partial charge in [0.25, 0.3) is 0 Å². The molecule has 1 aromatic heterocycles. The standard InChI is InChI=1S/C12H16BrClN4O2/c1-2-8-5-7(3-4-18(8)12(19)20)16-10-9(13)6-15-11(14)17-10/h6-8H,2-5H2,1H3,(H,19,20)(H,15,16,17). The van der Waals surface area contributed by atoms with Crippen molar-refractivity contribution in [3.8, 4) is 0 Å². The molecule has 2 atom stereocenters. The summed E-state index contributed by atoms with van der Waals surface area (Å²) in [5.41, 5.74) is 0. The van der Waals surface area contributed by atoms with Crippen molar-refractivity contribution in [2.24, 2.45) is 0 Å². The lowest BCUT2D eigenvalue weighted by molar-refractivity contribution is 0.102. The van der Waals surface area contributed by atoms with E-state index in [1.54, 1.807) is 6.20 Å². The Morgan fingerprint density at radius 1 is 1.70 bits per heavy atom. The molecule has 2 rings (SSSR count). The van der Waals surface area contributed by atoms with E-state index in [2.05, 4.69) is 31.2 Å². The van der Waals surface area contributed by atoms with Gasteiger partial charge in [-0.15, -0.1) is 0 Å². The third-order valence-electron chi connectivity index (χ3n) is 3.49. The number of hydrogen-bond acceptors (Lipinski definition) is 4. The van der Waals surface area contributed by atoms with E-state index < -0.39 is 6.09 Å². The molecule has 0 aromatic carbocycles. The molecule has 1 aromatic rings. The van der Waals surface area contributed by atoms with Crippen LogP contribution in [0.1, 0.15) is 26.2 Å². The smallest absolute Gasteiger partial charge is 0.407 e. The van der Waals surface area contributed by atoms with Gasteiger partial charge in [0, 0.05) is 24.8 Å². The number of halogens is 2. The van der Waals surface area contributed by atoms with Crippen molar-refractivity contribution in [1.29, 1.82) is 0 Å². The molecule has 1 saturated heterocycles. The average Bonchev–Trinajstić information content (AvgIpc) is 2.42. The van der Waals surface area contributed by atoms with Crippen LogP contribution < -0.4 is 5.32 Å². The fraction of sp³-hybridized carbons (Fsp3) is 0.583. The Bertz CT molecular complexity index is 502. The molecule has 0 spiro atoms. The fourth-order valence-corrected chi connectivity index (χ4v) is 2.90. The number of amides is 1. The van der Waals surface area contributed by atoms with Crippen molar-refractivity contribution in [1.82, 2.24) is 14.9 Å². The lowest BCUT2D eigenvalue weighted by Crippen LogP contribution is -2.48. The maximum atomic E-state index is 11.1. The lowest BCUT2D eigenvalue weighted by atomic mass is 9.96. The van der Waals surface area contributed by atoms with Gasteiger partial charge in [0.1, 0.15) is 5.82 Å². The van der Waals surface area contributed by atoms with Gasteiger partial charge in [-0.3, -0.25) is 0 Å². The van der Waals surface area contributed by atoms with E-state index in [0.29, 0.717) is 12.4 Å². The van der Waals surface area contributed by atoms with Crippen molar-refractivity contribution in [2.45, 2.75) is 38.3 Å². The Balaban J connectivity index is 2.05. The highest BCUT2D eigenvalue weighted by atomic mass is 79.9. The van der Waals surface area contributed by atoms with Crippen LogP contribution in [0.3, 0.4) is 0 Å². The Morgan fingerprint density at radius 3 is 3.10 bits per heavy atom. The number of likely N-dealkylation sites (tertiary alicyclic amines) is 1. The van der Waals surface area contributed by atoms with E-state index in [4.69, 9.17) is 16.7 Å². The summed E-state index contributed by atoms with van der Waals surface area (Å²) in [4.78, 5) is 20.7. The molecule has 2 heterocycles. The van der Waals surface area contributed by atoms with E-state index in [-0.39, 0.29) is 17.4 Å². The van der Waals surface area contributed by atoms with Crippen LogP contribution >= 0.6 is 27.5 Å².